The maximum absolute atomic E-state index is 5.41. The summed E-state index contributed by atoms with van der Waals surface area (Å²) in [6.45, 7) is 4.98. The maximum Gasteiger partial charge on any atom is 0.152 e. The van der Waals surface area contributed by atoms with Crippen LogP contribution in [0.4, 0.5) is 0 Å². The number of piperazine rings is 1. The van der Waals surface area contributed by atoms with E-state index < -0.39 is 0 Å². The number of benzene rings is 1. The zero-order valence-corrected chi connectivity index (χ0v) is 13.4. The summed E-state index contributed by atoms with van der Waals surface area (Å²) in [6.07, 6.45) is 0. The van der Waals surface area contributed by atoms with Gasteiger partial charge in [0.15, 0.2) is 5.75 Å². The van der Waals surface area contributed by atoms with Crippen LogP contribution in [0.2, 0.25) is 0 Å². The Kier molecular flexibility index (Phi) is 5.72. The van der Waals surface area contributed by atoms with Gasteiger partial charge in [-0.1, -0.05) is 11.8 Å². The van der Waals surface area contributed by atoms with E-state index in [1.165, 1.54) is 0 Å². The molecule has 1 aliphatic rings. The molecule has 1 heterocycles. The van der Waals surface area contributed by atoms with Gasteiger partial charge in [-0.05, 0) is 28.1 Å². The van der Waals surface area contributed by atoms with Gasteiger partial charge in [-0.15, -0.1) is 0 Å². The van der Waals surface area contributed by atoms with Crippen molar-refractivity contribution in [3.05, 3.63) is 22.2 Å². The molecule has 0 unspecified atom stereocenters. The largest absolute Gasteiger partial charge is 0.495 e. The Hall–Kier alpha value is -1.22. The van der Waals surface area contributed by atoms with E-state index >= 15 is 0 Å². The topological polar surface area (TPSA) is 33.7 Å². The monoisotopic (exact) mass is 338 g/mol. The number of hydrogen-bond donors (Lipinski definition) is 1. The van der Waals surface area contributed by atoms with E-state index in [2.05, 4.69) is 38.0 Å². The third-order valence-electron chi connectivity index (χ3n) is 3.22. The van der Waals surface area contributed by atoms with Crippen molar-refractivity contribution in [3.63, 3.8) is 0 Å². The van der Waals surface area contributed by atoms with E-state index in [4.69, 9.17) is 9.47 Å². The highest BCUT2D eigenvalue weighted by atomic mass is 79.9. The minimum atomic E-state index is 0.720. The SMILES string of the molecule is COc1ccc(C#CCN2CCNCC2)c(OC)c1Br. The molecule has 108 valence electrons. The van der Waals surface area contributed by atoms with Gasteiger partial charge in [0.2, 0.25) is 0 Å². The summed E-state index contributed by atoms with van der Waals surface area (Å²) in [5, 5.41) is 3.33. The Morgan fingerprint density at radius 2 is 2.00 bits per heavy atom. The zero-order chi connectivity index (χ0) is 14.4. The second-order valence-corrected chi connectivity index (χ2v) is 5.28. The molecule has 1 saturated heterocycles. The van der Waals surface area contributed by atoms with Crippen molar-refractivity contribution in [3.8, 4) is 23.3 Å². The molecule has 0 aliphatic carbocycles. The number of hydrogen-bond acceptors (Lipinski definition) is 4. The lowest BCUT2D eigenvalue weighted by atomic mass is 10.2. The lowest BCUT2D eigenvalue weighted by Crippen LogP contribution is -2.43. The van der Waals surface area contributed by atoms with Gasteiger partial charge in [-0.3, -0.25) is 4.90 Å². The molecule has 4 nitrogen and oxygen atoms in total. The number of rotatable bonds is 3. The van der Waals surface area contributed by atoms with Crippen molar-refractivity contribution in [2.45, 2.75) is 0 Å². The predicted molar refractivity (Wildman–Crippen MR) is 83.4 cm³/mol. The molecule has 1 aromatic carbocycles. The van der Waals surface area contributed by atoms with Gasteiger partial charge in [0.1, 0.15) is 10.2 Å². The van der Waals surface area contributed by atoms with Crippen molar-refractivity contribution in [1.29, 1.82) is 0 Å². The summed E-state index contributed by atoms with van der Waals surface area (Å²) >= 11 is 3.48. The second kappa shape index (κ2) is 7.53. The van der Waals surface area contributed by atoms with Crippen LogP contribution in [0.3, 0.4) is 0 Å². The third kappa shape index (κ3) is 3.66. The third-order valence-corrected chi connectivity index (χ3v) is 3.97. The molecule has 0 aromatic heterocycles. The van der Waals surface area contributed by atoms with Crippen LogP contribution in [0, 0.1) is 11.8 Å². The minimum Gasteiger partial charge on any atom is -0.495 e. The first-order valence-electron chi connectivity index (χ1n) is 6.58. The van der Waals surface area contributed by atoms with Crippen LogP contribution in [0.25, 0.3) is 0 Å². The van der Waals surface area contributed by atoms with Crippen LogP contribution in [-0.4, -0.2) is 51.8 Å². The standard InChI is InChI=1S/C15H19BrN2O2/c1-19-13-6-5-12(15(20-2)14(13)16)4-3-9-18-10-7-17-8-11-18/h5-6,17H,7-11H2,1-2H3. The van der Waals surface area contributed by atoms with Gasteiger partial charge in [0.05, 0.1) is 26.3 Å². The zero-order valence-electron chi connectivity index (χ0n) is 11.8. The molecule has 5 heteroatoms. The van der Waals surface area contributed by atoms with Crippen LogP contribution in [0.15, 0.2) is 16.6 Å². The van der Waals surface area contributed by atoms with Gasteiger partial charge in [-0.2, -0.15) is 0 Å². The predicted octanol–water partition coefficient (Wildman–Crippen LogP) is 1.72. The quantitative estimate of drug-likeness (QED) is 0.851. The molecule has 1 fully saturated rings. The molecule has 1 N–H and O–H groups in total. The summed E-state index contributed by atoms with van der Waals surface area (Å²) in [5.41, 5.74) is 0.871. The van der Waals surface area contributed by atoms with Gasteiger partial charge in [0, 0.05) is 26.2 Å². The van der Waals surface area contributed by atoms with E-state index in [1.807, 2.05) is 12.1 Å². The van der Waals surface area contributed by atoms with Crippen molar-refractivity contribution in [1.82, 2.24) is 10.2 Å². The molecule has 1 aromatic rings. The maximum atomic E-state index is 5.41. The van der Waals surface area contributed by atoms with Gasteiger partial charge >= 0.3 is 0 Å². The molecule has 0 spiro atoms. The number of halogens is 1. The highest BCUT2D eigenvalue weighted by Gasteiger charge is 2.11. The first-order valence-corrected chi connectivity index (χ1v) is 7.38. The molecule has 0 bridgehead atoms. The molecule has 0 atom stereocenters. The van der Waals surface area contributed by atoms with Gasteiger partial charge in [0.25, 0.3) is 0 Å². The number of nitrogens with one attached hydrogen (secondary N) is 1. The van der Waals surface area contributed by atoms with Crippen molar-refractivity contribution < 1.29 is 9.47 Å². The Balaban J connectivity index is 2.11. The summed E-state index contributed by atoms with van der Waals surface area (Å²) in [7, 11) is 3.27. The first kappa shape index (κ1) is 15.2. The minimum absolute atomic E-state index is 0.720. The Bertz CT molecular complexity index is 517. The Morgan fingerprint density at radius 1 is 1.25 bits per heavy atom. The molecule has 0 radical (unpaired) electrons. The Morgan fingerprint density at radius 3 is 2.65 bits per heavy atom. The molecule has 1 aliphatic heterocycles. The average Bonchev–Trinajstić information content (AvgIpc) is 2.49. The van der Waals surface area contributed by atoms with E-state index in [9.17, 15) is 0 Å². The fraction of sp³-hybridized carbons (Fsp3) is 0.467. The first-order chi connectivity index (χ1) is 9.76. The number of methoxy groups -OCH3 is 2. The van der Waals surface area contributed by atoms with Crippen LogP contribution in [0.1, 0.15) is 5.56 Å². The fourth-order valence-electron chi connectivity index (χ4n) is 2.11. The lowest BCUT2D eigenvalue weighted by molar-refractivity contribution is 0.268. The van der Waals surface area contributed by atoms with Gasteiger partial charge < -0.3 is 14.8 Å². The molecule has 0 amide bonds. The van der Waals surface area contributed by atoms with Crippen molar-refractivity contribution in [2.75, 3.05) is 46.9 Å². The number of ether oxygens (including phenoxy) is 2. The summed E-state index contributed by atoms with van der Waals surface area (Å²) in [6, 6.07) is 3.81. The highest BCUT2D eigenvalue weighted by molar-refractivity contribution is 9.10. The molecule has 20 heavy (non-hydrogen) atoms. The normalized spacial score (nSPS) is 15.3. The Labute approximate surface area is 128 Å². The lowest BCUT2D eigenvalue weighted by Gasteiger charge is -2.24. The molecular weight excluding hydrogens is 320 g/mol. The average molecular weight is 339 g/mol. The molecule has 0 saturated carbocycles. The van der Waals surface area contributed by atoms with E-state index in [1.54, 1.807) is 14.2 Å². The molecular formula is C15H19BrN2O2. The van der Waals surface area contributed by atoms with Crippen LogP contribution in [-0.2, 0) is 0 Å². The highest BCUT2D eigenvalue weighted by Crippen LogP contribution is 2.36. The van der Waals surface area contributed by atoms with Crippen LogP contribution >= 0.6 is 15.9 Å². The summed E-state index contributed by atoms with van der Waals surface area (Å²) in [4.78, 5) is 2.34. The summed E-state index contributed by atoms with van der Waals surface area (Å²) in [5.74, 6) is 7.86. The van der Waals surface area contributed by atoms with Crippen molar-refractivity contribution in [2.24, 2.45) is 0 Å². The van der Waals surface area contributed by atoms with Crippen LogP contribution in [0.5, 0.6) is 11.5 Å². The molecule has 2 rings (SSSR count). The van der Waals surface area contributed by atoms with Crippen molar-refractivity contribution >= 4 is 15.9 Å². The smallest absolute Gasteiger partial charge is 0.152 e. The van der Waals surface area contributed by atoms with E-state index in [0.717, 1.165) is 54.3 Å². The van der Waals surface area contributed by atoms with E-state index in [0.29, 0.717) is 0 Å². The van der Waals surface area contributed by atoms with E-state index in [-0.39, 0.29) is 0 Å². The fourth-order valence-corrected chi connectivity index (χ4v) is 2.78. The van der Waals surface area contributed by atoms with Gasteiger partial charge in [-0.25, -0.2) is 0 Å². The van der Waals surface area contributed by atoms with Crippen LogP contribution < -0.4 is 14.8 Å². The summed E-state index contributed by atoms with van der Waals surface area (Å²) < 4.78 is 11.5. The number of nitrogens with zero attached hydrogens (tertiary/aromatic N) is 1. The second-order valence-electron chi connectivity index (χ2n) is 4.49.